The molecular weight excluding hydrogens is 201 g/mol. The first-order valence-corrected chi connectivity index (χ1v) is 3.91. The van der Waals surface area contributed by atoms with Crippen LogP contribution in [0.2, 0.25) is 0 Å². The second-order valence-corrected chi connectivity index (χ2v) is 2.65. The van der Waals surface area contributed by atoms with Crippen LogP contribution in [-0.2, 0) is 4.74 Å². The van der Waals surface area contributed by atoms with E-state index in [1.807, 2.05) is 0 Å². The fraction of sp³-hybridized carbons (Fsp3) is 0.429. The number of rotatable bonds is 2. The Morgan fingerprint density at radius 2 is 2.33 bits per heavy atom. The van der Waals surface area contributed by atoms with E-state index in [-0.39, 0.29) is 6.54 Å². The number of methoxy groups -OCH3 is 1. The molecule has 0 atom stereocenters. The van der Waals surface area contributed by atoms with Crippen LogP contribution in [-0.4, -0.2) is 24.2 Å². The highest BCUT2D eigenvalue weighted by atomic mass is 35.5. The Labute approximate surface area is 81.3 Å². The van der Waals surface area contributed by atoms with Gasteiger partial charge in [-0.15, -0.1) is 5.73 Å². The lowest BCUT2D eigenvalue weighted by atomic mass is 10.3. The van der Waals surface area contributed by atoms with E-state index in [1.54, 1.807) is 6.92 Å². The topological polar surface area (TPSA) is 29.5 Å². The van der Waals surface area contributed by atoms with Gasteiger partial charge in [-0.1, -0.05) is 11.6 Å². The lowest BCUT2D eigenvalue weighted by Gasteiger charge is -2.10. The second-order valence-electron chi connectivity index (χ2n) is 2.02. The molecule has 0 fully saturated rings. The van der Waals surface area contributed by atoms with Crippen LogP contribution in [0.4, 0.5) is 4.79 Å². The third kappa shape index (κ3) is 4.29. The average Bonchev–Trinajstić information content (AvgIpc) is 2.03. The molecule has 1 amide bonds. The van der Waals surface area contributed by atoms with Crippen LogP contribution in [0.5, 0.6) is 0 Å². The van der Waals surface area contributed by atoms with Gasteiger partial charge in [0, 0.05) is 17.3 Å². The van der Waals surface area contributed by atoms with Gasteiger partial charge in [0.25, 0.3) is 0 Å². The maximum absolute atomic E-state index is 10.7. The normalized spacial score (nSPS) is 8.33. The van der Waals surface area contributed by atoms with Crippen molar-refractivity contribution < 1.29 is 9.53 Å². The molecule has 0 aliphatic heterocycles. The molecule has 0 aliphatic rings. The van der Waals surface area contributed by atoms with Crippen molar-refractivity contribution in [2.24, 2.45) is 0 Å². The fourth-order valence-electron chi connectivity index (χ4n) is 0.511. The third-order valence-corrected chi connectivity index (χ3v) is 1.42. The minimum Gasteiger partial charge on any atom is -0.452 e. The number of carbonyl (C=O) groups excluding carboxylic acids is 1. The van der Waals surface area contributed by atoms with Gasteiger partial charge in [-0.2, -0.15) is 0 Å². The van der Waals surface area contributed by atoms with Crippen LogP contribution in [0.1, 0.15) is 6.92 Å². The largest absolute Gasteiger partial charge is 0.452 e. The predicted octanol–water partition coefficient (Wildman–Crippen LogP) is 2.51. The number of halogens is 2. The van der Waals surface area contributed by atoms with Gasteiger partial charge in [0.15, 0.2) is 0 Å². The quantitative estimate of drug-likeness (QED) is 0.517. The predicted molar refractivity (Wildman–Crippen MR) is 48.1 cm³/mol. The van der Waals surface area contributed by atoms with Gasteiger partial charge in [-0.25, -0.2) is 9.21 Å². The van der Waals surface area contributed by atoms with Gasteiger partial charge in [-0.3, -0.25) is 0 Å². The molecule has 0 heterocycles. The first kappa shape index (κ1) is 11.4. The summed E-state index contributed by atoms with van der Waals surface area (Å²) in [7, 11) is 1.26. The number of amides is 1. The average molecular weight is 210 g/mol. The van der Waals surface area contributed by atoms with Gasteiger partial charge in [0.05, 0.1) is 13.7 Å². The molecular formula is C7H9Cl2NO2. The standard InChI is InChI=1S/C7H9Cl2NO2/c1-6(3-4-8)5-10(9)7(11)12-2/h4H,5H2,1-2H3. The maximum atomic E-state index is 10.7. The zero-order valence-electron chi connectivity index (χ0n) is 6.80. The maximum Gasteiger partial charge on any atom is 0.424 e. The van der Waals surface area contributed by atoms with E-state index in [1.165, 1.54) is 12.6 Å². The number of hydrogen-bond acceptors (Lipinski definition) is 2. The van der Waals surface area contributed by atoms with Crippen LogP contribution in [0.3, 0.4) is 0 Å². The minimum absolute atomic E-state index is 0.234. The molecule has 0 aromatic carbocycles. The molecule has 0 aromatic heterocycles. The van der Waals surface area contributed by atoms with Crippen molar-refractivity contribution in [3.05, 3.63) is 16.8 Å². The van der Waals surface area contributed by atoms with E-state index in [0.29, 0.717) is 0 Å². The number of hydrogen-bond donors (Lipinski definition) is 0. The van der Waals surface area contributed by atoms with Crippen LogP contribution < -0.4 is 0 Å². The molecule has 5 heteroatoms. The summed E-state index contributed by atoms with van der Waals surface area (Å²) in [5.74, 6) is 0. The molecule has 0 aliphatic carbocycles. The van der Waals surface area contributed by atoms with Crippen molar-refractivity contribution in [2.45, 2.75) is 6.92 Å². The van der Waals surface area contributed by atoms with E-state index >= 15 is 0 Å². The lowest BCUT2D eigenvalue weighted by molar-refractivity contribution is 0.152. The van der Waals surface area contributed by atoms with Crippen LogP contribution in [0, 0.1) is 0 Å². The van der Waals surface area contributed by atoms with Crippen molar-refractivity contribution in [3.63, 3.8) is 0 Å². The highest BCUT2D eigenvalue weighted by molar-refractivity contribution is 6.25. The Hall–Kier alpha value is -0.630. The van der Waals surface area contributed by atoms with E-state index in [9.17, 15) is 4.79 Å². The minimum atomic E-state index is -0.604. The van der Waals surface area contributed by atoms with E-state index < -0.39 is 6.09 Å². The molecule has 0 saturated carbocycles. The van der Waals surface area contributed by atoms with Gasteiger partial charge < -0.3 is 4.74 Å². The Morgan fingerprint density at radius 1 is 1.75 bits per heavy atom. The Bertz CT molecular complexity index is 221. The Balaban J connectivity index is 4.09. The van der Waals surface area contributed by atoms with E-state index in [2.05, 4.69) is 10.5 Å². The summed E-state index contributed by atoms with van der Waals surface area (Å²) in [6.07, 6.45) is -0.604. The molecule has 12 heavy (non-hydrogen) atoms. The summed E-state index contributed by atoms with van der Waals surface area (Å²) in [6.45, 7) is 1.98. The van der Waals surface area contributed by atoms with E-state index in [0.717, 1.165) is 9.99 Å². The molecule has 68 valence electrons. The molecule has 0 aromatic rings. The van der Waals surface area contributed by atoms with Crippen molar-refractivity contribution in [2.75, 3.05) is 13.7 Å². The third-order valence-electron chi connectivity index (χ3n) is 1.05. The monoisotopic (exact) mass is 209 g/mol. The molecule has 0 rings (SSSR count). The molecule has 0 radical (unpaired) electrons. The van der Waals surface area contributed by atoms with Crippen LogP contribution in [0.15, 0.2) is 16.8 Å². The fourth-order valence-corrected chi connectivity index (χ4v) is 0.945. The van der Waals surface area contributed by atoms with Crippen molar-refractivity contribution in [3.8, 4) is 0 Å². The van der Waals surface area contributed by atoms with Crippen LogP contribution in [0.25, 0.3) is 0 Å². The number of carbonyl (C=O) groups is 1. The van der Waals surface area contributed by atoms with Gasteiger partial charge >= 0.3 is 6.09 Å². The summed E-state index contributed by atoms with van der Waals surface area (Å²) < 4.78 is 5.27. The highest BCUT2D eigenvalue weighted by Gasteiger charge is 2.09. The summed E-state index contributed by atoms with van der Waals surface area (Å²) in [6, 6.07) is 0. The molecule has 0 spiro atoms. The number of ether oxygens (including phenoxy) is 1. The first-order chi connectivity index (χ1) is 5.61. The zero-order valence-corrected chi connectivity index (χ0v) is 8.32. The lowest BCUT2D eigenvalue weighted by Crippen LogP contribution is -2.22. The molecule has 3 nitrogen and oxygen atoms in total. The number of nitrogens with zero attached hydrogens (tertiary/aromatic N) is 1. The van der Waals surface area contributed by atoms with Crippen LogP contribution >= 0.6 is 23.4 Å². The van der Waals surface area contributed by atoms with Gasteiger partial charge in [0.2, 0.25) is 0 Å². The molecule has 0 bridgehead atoms. The smallest absolute Gasteiger partial charge is 0.424 e. The molecule has 0 saturated heterocycles. The highest BCUT2D eigenvalue weighted by Crippen LogP contribution is 2.02. The zero-order chi connectivity index (χ0) is 9.56. The summed E-state index contributed by atoms with van der Waals surface area (Å²) >= 11 is 10.8. The van der Waals surface area contributed by atoms with Gasteiger partial charge in [0.1, 0.15) is 0 Å². The van der Waals surface area contributed by atoms with E-state index in [4.69, 9.17) is 23.4 Å². The summed E-state index contributed by atoms with van der Waals surface area (Å²) in [5, 5.41) is 0. The second kappa shape index (κ2) is 5.95. The molecule has 0 N–H and O–H groups in total. The van der Waals surface area contributed by atoms with Crippen molar-refractivity contribution in [1.82, 2.24) is 4.42 Å². The van der Waals surface area contributed by atoms with Crippen molar-refractivity contribution in [1.29, 1.82) is 0 Å². The first-order valence-electron chi connectivity index (χ1n) is 3.14. The summed E-state index contributed by atoms with van der Waals surface area (Å²) in [5.41, 5.74) is 4.65. The molecule has 0 unspecified atom stereocenters. The summed E-state index contributed by atoms with van der Waals surface area (Å²) in [4.78, 5) is 10.7. The SMILES string of the molecule is COC(=O)N(Cl)CC(C)=C=CCl. The Morgan fingerprint density at radius 3 is 2.75 bits per heavy atom. The Kier molecular flexibility index (Phi) is 5.64. The van der Waals surface area contributed by atoms with Crippen molar-refractivity contribution >= 4 is 29.5 Å². The van der Waals surface area contributed by atoms with Gasteiger partial charge in [-0.05, 0) is 12.5 Å².